The minimum absolute atomic E-state index is 0.101. The van der Waals surface area contributed by atoms with E-state index in [1.807, 2.05) is 31.9 Å². The van der Waals surface area contributed by atoms with Gasteiger partial charge in [-0.05, 0) is 26.7 Å². The lowest BCUT2D eigenvalue weighted by Crippen LogP contribution is -2.56. The molecule has 0 bridgehead atoms. The fourth-order valence-corrected chi connectivity index (χ4v) is 3.23. The summed E-state index contributed by atoms with van der Waals surface area (Å²) in [6, 6.07) is -0.101. The molecule has 1 amide bonds. The van der Waals surface area contributed by atoms with Gasteiger partial charge in [0.15, 0.2) is 0 Å². The fraction of sp³-hybridized carbons (Fsp3) is 0.667. The molecule has 0 unspecified atom stereocenters. The molecular formula is C18H29N3O2. The average Bonchev–Trinajstić information content (AvgIpc) is 2.49. The van der Waals surface area contributed by atoms with Crippen molar-refractivity contribution in [3.63, 3.8) is 0 Å². The molecule has 1 saturated heterocycles. The molecule has 2 rings (SSSR count). The van der Waals surface area contributed by atoms with E-state index in [2.05, 4.69) is 23.7 Å². The van der Waals surface area contributed by atoms with E-state index >= 15 is 0 Å². The monoisotopic (exact) mass is 319 g/mol. The van der Waals surface area contributed by atoms with Gasteiger partial charge in [0.2, 0.25) is 5.91 Å². The number of carbonyl (C=O) groups excluding carboxylic acids is 1. The molecule has 0 aliphatic carbocycles. The Labute approximate surface area is 139 Å². The molecule has 1 aliphatic rings. The molecule has 128 valence electrons. The molecule has 0 radical (unpaired) electrons. The first kappa shape index (κ1) is 17.7. The summed E-state index contributed by atoms with van der Waals surface area (Å²) in [6.07, 6.45) is 1.85. The molecule has 0 spiro atoms. The number of piperazine rings is 1. The van der Waals surface area contributed by atoms with Crippen molar-refractivity contribution in [1.29, 1.82) is 0 Å². The van der Waals surface area contributed by atoms with Crippen LogP contribution in [-0.4, -0.2) is 53.5 Å². The molecule has 2 heterocycles. The summed E-state index contributed by atoms with van der Waals surface area (Å²) in [5.74, 6) is 1.62. The summed E-state index contributed by atoms with van der Waals surface area (Å²) in [7, 11) is 1.69. The third kappa shape index (κ3) is 3.83. The van der Waals surface area contributed by atoms with E-state index in [4.69, 9.17) is 4.74 Å². The van der Waals surface area contributed by atoms with E-state index in [0.29, 0.717) is 12.5 Å². The van der Waals surface area contributed by atoms with Gasteiger partial charge in [0.25, 0.3) is 0 Å². The SMILES string of the molecule is COc1c(C)cnc(CN2CCN(CC(C)C)C(=O)[C@H]2C)c1C. The Balaban J connectivity index is 2.12. The molecular weight excluding hydrogens is 290 g/mol. The van der Waals surface area contributed by atoms with Crippen molar-refractivity contribution in [1.82, 2.24) is 14.8 Å². The number of hydrogen-bond donors (Lipinski definition) is 0. The molecule has 1 aromatic rings. The van der Waals surface area contributed by atoms with Crippen LogP contribution in [-0.2, 0) is 11.3 Å². The molecule has 1 fully saturated rings. The first-order chi connectivity index (χ1) is 10.8. The second-order valence-corrected chi connectivity index (χ2v) is 6.87. The van der Waals surface area contributed by atoms with E-state index in [1.165, 1.54) is 0 Å². The number of nitrogens with zero attached hydrogens (tertiary/aromatic N) is 3. The smallest absolute Gasteiger partial charge is 0.239 e. The highest BCUT2D eigenvalue weighted by Gasteiger charge is 2.32. The number of rotatable bonds is 5. The average molecular weight is 319 g/mol. The van der Waals surface area contributed by atoms with Gasteiger partial charge in [-0.15, -0.1) is 0 Å². The fourth-order valence-electron chi connectivity index (χ4n) is 3.23. The predicted molar refractivity (Wildman–Crippen MR) is 91.6 cm³/mol. The van der Waals surface area contributed by atoms with Gasteiger partial charge in [0.05, 0.1) is 18.8 Å². The van der Waals surface area contributed by atoms with Crippen LogP contribution >= 0.6 is 0 Å². The van der Waals surface area contributed by atoms with Crippen LogP contribution in [0, 0.1) is 19.8 Å². The Hall–Kier alpha value is -1.62. The quantitative estimate of drug-likeness (QED) is 0.836. The van der Waals surface area contributed by atoms with E-state index in [0.717, 1.165) is 42.2 Å². The number of ether oxygens (including phenoxy) is 1. The lowest BCUT2D eigenvalue weighted by molar-refractivity contribution is -0.142. The Kier molecular flexibility index (Phi) is 5.63. The predicted octanol–water partition coefficient (Wildman–Crippen LogP) is 2.40. The van der Waals surface area contributed by atoms with Crippen molar-refractivity contribution in [3.8, 4) is 5.75 Å². The number of carbonyl (C=O) groups is 1. The zero-order valence-electron chi connectivity index (χ0n) is 15.2. The lowest BCUT2D eigenvalue weighted by Gasteiger charge is -2.39. The van der Waals surface area contributed by atoms with Gasteiger partial charge in [-0.2, -0.15) is 0 Å². The first-order valence-electron chi connectivity index (χ1n) is 8.37. The van der Waals surface area contributed by atoms with Crippen LogP contribution < -0.4 is 4.74 Å². The Bertz CT molecular complexity index is 572. The number of amides is 1. The number of aromatic nitrogens is 1. The van der Waals surface area contributed by atoms with Crippen LogP contribution in [0.25, 0.3) is 0 Å². The van der Waals surface area contributed by atoms with Crippen LogP contribution in [0.4, 0.5) is 0 Å². The van der Waals surface area contributed by atoms with E-state index in [-0.39, 0.29) is 11.9 Å². The molecule has 5 nitrogen and oxygen atoms in total. The van der Waals surface area contributed by atoms with Gasteiger partial charge in [0, 0.05) is 43.5 Å². The van der Waals surface area contributed by atoms with Crippen molar-refractivity contribution in [2.45, 2.75) is 47.2 Å². The molecule has 1 aromatic heterocycles. The summed E-state index contributed by atoms with van der Waals surface area (Å²) in [5.41, 5.74) is 3.10. The highest BCUT2D eigenvalue weighted by atomic mass is 16.5. The second kappa shape index (κ2) is 7.30. The maximum absolute atomic E-state index is 12.6. The van der Waals surface area contributed by atoms with Crippen molar-refractivity contribution >= 4 is 5.91 Å². The lowest BCUT2D eigenvalue weighted by atomic mass is 10.1. The molecule has 5 heteroatoms. The van der Waals surface area contributed by atoms with Crippen molar-refractivity contribution in [3.05, 3.63) is 23.0 Å². The third-order valence-corrected chi connectivity index (χ3v) is 4.56. The zero-order valence-corrected chi connectivity index (χ0v) is 15.2. The highest BCUT2D eigenvalue weighted by molar-refractivity contribution is 5.82. The van der Waals surface area contributed by atoms with Gasteiger partial charge in [-0.3, -0.25) is 14.7 Å². The van der Waals surface area contributed by atoms with Gasteiger partial charge >= 0.3 is 0 Å². The Morgan fingerprint density at radius 1 is 1.35 bits per heavy atom. The molecule has 0 saturated carbocycles. The van der Waals surface area contributed by atoms with Crippen LogP contribution in [0.3, 0.4) is 0 Å². The maximum atomic E-state index is 12.6. The standard InChI is InChI=1S/C18H29N3O2/c1-12(2)10-21-8-7-20(15(5)18(21)22)11-16-14(4)17(23-6)13(3)9-19-16/h9,12,15H,7-8,10-11H2,1-6H3/t15-/m1/s1. The number of pyridine rings is 1. The topological polar surface area (TPSA) is 45.7 Å². The number of methoxy groups -OCH3 is 1. The Morgan fingerprint density at radius 2 is 2.04 bits per heavy atom. The molecule has 0 N–H and O–H groups in total. The number of aryl methyl sites for hydroxylation is 1. The third-order valence-electron chi connectivity index (χ3n) is 4.56. The van der Waals surface area contributed by atoms with Crippen LogP contribution in [0.1, 0.15) is 37.6 Å². The van der Waals surface area contributed by atoms with Crippen LogP contribution in [0.5, 0.6) is 5.75 Å². The van der Waals surface area contributed by atoms with E-state index < -0.39 is 0 Å². The van der Waals surface area contributed by atoms with Gasteiger partial charge in [-0.1, -0.05) is 13.8 Å². The molecule has 1 aliphatic heterocycles. The molecule has 23 heavy (non-hydrogen) atoms. The zero-order chi connectivity index (χ0) is 17.1. The summed E-state index contributed by atoms with van der Waals surface area (Å²) >= 11 is 0. The van der Waals surface area contributed by atoms with Crippen molar-refractivity contribution in [2.24, 2.45) is 5.92 Å². The second-order valence-electron chi connectivity index (χ2n) is 6.87. The summed E-state index contributed by atoms with van der Waals surface area (Å²) in [4.78, 5) is 21.3. The normalized spacial score (nSPS) is 19.5. The van der Waals surface area contributed by atoms with Gasteiger partial charge in [-0.25, -0.2) is 0 Å². The van der Waals surface area contributed by atoms with E-state index in [9.17, 15) is 4.79 Å². The molecule has 1 atom stereocenters. The highest BCUT2D eigenvalue weighted by Crippen LogP contribution is 2.26. The summed E-state index contributed by atoms with van der Waals surface area (Å²) in [5, 5.41) is 0. The van der Waals surface area contributed by atoms with Gasteiger partial charge in [0.1, 0.15) is 5.75 Å². The number of hydrogen-bond acceptors (Lipinski definition) is 4. The van der Waals surface area contributed by atoms with Gasteiger partial charge < -0.3 is 9.64 Å². The maximum Gasteiger partial charge on any atom is 0.239 e. The first-order valence-corrected chi connectivity index (χ1v) is 8.37. The van der Waals surface area contributed by atoms with Crippen molar-refractivity contribution in [2.75, 3.05) is 26.7 Å². The summed E-state index contributed by atoms with van der Waals surface area (Å²) in [6.45, 7) is 13.5. The Morgan fingerprint density at radius 3 is 2.65 bits per heavy atom. The summed E-state index contributed by atoms with van der Waals surface area (Å²) < 4.78 is 5.48. The largest absolute Gasteiger partial charge is 0.496 e. The van der Waals surface area contributed by atoms with Crippen LogP contribution in [0.2, 0.25) is 0 Å². The van der Waals surface area contributed by atoms with Crippen molar-refractivity contribution < 1.29 is 9.53 Å². The van der Waals surface area contributed by atoms with E-state index in [1.54, 1.807) is 7.11 Å². The minimum atomic E-state index is -0.101. The minimum Gasteiger partial charge on any atom is -0.496 e. The molecule has 0 aromatic carbocycles. The van der Waals surface area contributed by atoms with Crippen LogP contribution in [0.15, 0.2) is 6.20 Å².